The number of fused-ring (bicyclic) bond motifs is 3. The van der Waals surface area contributed by atoms with E-state index in [1.807, 2.05) is 36.3 Å². The van der Waals surface area contributed by atoms with Crippen LogP contribution in [-0.4, -0.2) is 73.1 Å². The number of halogens is 5. The highest BCUT2D eigenvalue weighted by Gasteiger charge is 2.56. The normalized spacial score (nSPS) is 28.9. The maximum absolute atomic E-state index is 14.7. The number of alkyl halides is 5. The zero-order valence-corrected chi connectivity index (χ0v) is 29.7. The second-order valence-electron chi connectivity index (χ2n) is 15.7. The quantitative estimate of drug-likeness (QED) is 0.203. The van der Waals surface area contributed by atoms with Crippen molar-refractivity contribution in [3.8, 4) is 17.1 Å². The Balaban J connectivity index is 1.17. The molecule has 1 aromatic carbocycles. The van der Waals surface area contributed by atoms with Gasteiger partial charge in [0.15, 0.2) is 11.5 Å². The molecular formula is C38H46F5N5O4. The summed E-state index contributed by atoms with van der Waals surface area (Å²) in [6, 6.07) is 5.56. The number of carboxylic acids is 1. The van der Waals surface area contributed by atoms with Crippen molar-refractivity contribution in [3.63, 3.8) is 0 Å². The summed E-state index contributed by atoms with van der Waals surface area (Å²) in [6.07, 6.45) is 4.15. The summed E-state index contributed by atoms with van der Waals surface area (Å²) >= 11 is 0. The van der Waals surface area contributed by atoms with Crippen LogP contribution >= 0.6 is 0 Å². The molecule has 2 N–H and O–H groups in total. The molecular weight excluding hydrogens is 685 g/mol. The summed E-state index contributed by atoms with van der Waals surface area (Å²) in [5.74, 6) is -4.63. The molecule has 14 heteroatoms. The van der Waals surface area contributed by atoms with Crippen LogP contribution in [0.3, 0.4) is 0 Å². The van der Waals surface area contributed by atoms with Crippen molar-refractivity contribution in [2.75, 3.05) is 13.1 Å². The Labute approximate surface area is 299 Å². The van der Waals surface area contributed by atoms with Gasteiger partial charge in [-0.2, -0.15) is 13.2 Å². The molecule has 4 fully saturated rings. The SMILES string of the molecule is CCC(CC)n1cc(-c2ncc(C(=O)NC3(C(=O)O)CC4CC(C)CC3C4)c(C(F)(F)F)n2)c2ccc(O[C@H]3CC[C@H](N4CC(F)(F)C4)CC3)cc21. The van der Waals surface area contributed by atoms with Gasteiger partial charge in [-0.25, -0.2) is 23.5 Å². The lowest BCUT2D eigenvalue weighted by Gasteiger charge is -2.46. The van der Waals surface area contributed by atoms with Gasteiger partial charge in [-0.15, -0.1) is 0 Å². The summed E-state index contributed by atoms with van der Waals surface area (Å²) in [5.41, 5.74) is -2.79. The van der Waals surface area contributed by atoms with Gasteiger partial charge in [0.2, 0.25) is 0 Å². The molecule has 1 aliphatic heterocycles. The number of likely N-dealkylation sites (tertiary alicyclic amines) is 1. The molecule has 4 atom stereocenters. The fourth-order valence-corrected chi connectivity index (χ4v) is 9.56. The van der Waals surface area contributed by atoms with Crippen LogP contribution in [0, 0.1) is 17.8 Å². The molecule has 4 aliphatic rings. The van der Waals surface area contributed by atoms with Gasteiger partial charge in [0.1, 0.15) is 11.3 Å². The lowest BCUT2D eigenvalue weighted by atomic mass is 9.78. The first-order valence-corrected chi connectivity index (χ1v) is 18.5. The number of ether oxygens (including phenoxy) is 1. The number of aliphatic carboxylic acids is 1. The predicted molar refractivity (Wildman–Crippen MR) is 183 cm³/mol. The standard InChI is InChI=1S/C38H46F5N5O4/c1-4-24(5-2)48-18-30(28-11-10-27(15-31(28)48)52-26-8-6-25(7-9-26)47-19-36(39,40)20-47)33-44-17-29(32(45-33)38(41,42)43)34(49)46-37(35(50)51)16-22-12-21(3)13-23(37)14-22/h10-11,15,17-18,21-26H,4-9,12-14,16,19-20H2,1-3H3,(H,46,49)(H,50,51)/t21?,22?,23?,25-,26-,37?. The molecule has 282 valence electrons. The molecule has 9 nitrogen and oxygen atoms in total. The number of rotatable bonds is 10. The van der Waals surface area contributed by atoms with Crippen LogP contribution in [0.25, 0.3) is 22.3 Å². The Kier molecular flexibility index (Phi) is 9.52. The lowest BCUT2D eigenvalue weighted by molar-refractivity contribution is -0.151. The number of hydrogen-bond acceptors (Lipinski definition) is 6. The first kappa shape index (κ1) is 36.5. The maximum atomic E-state index is 14.7. The van der Waals surface area contributed by atoms with Crippen LogP contribution in [0.5, 0.6) is 5.75 Å². The van der Waals surface area contributed by atoms with Gasteiger partial charge >= 0.3 is 12.1 Å². The van der Waals surface area contributed by atoms with Crippen molar-refractivity contribution in [2.24, 2.45) is 17.8 Å². The molecule has 3 saturated carbocycles. The van der Waals surface area contributed by atoms with Crippen molar-refractivity contribution in [1.82, 2.24) is 24.8 Å². The molecule has 4 unspecified atom stereocenters. The number of carbonyl (C=O) groups excluding carboxylic acids is 1. The number of nitrogens with zero attached hydrogens (tertiary/aromatic N) is 4. The Morgan fingerprint density at radius 2 is 1.79 bits per heavy atom. The first-order valence-electron chi connectivity index (χ1n) is 18.5. The Bertz CT molecular complexity index is 1830. The van der Waals surface area contributed by atoms with Crippen molar-refractivity contribution in [1.29, 1.82) is 0 Å². The average Bonchev–Trinajstić information content (AvgIpc) is 3.58. The Morgan fingerprint density at radius 1 is 1.08 bits per heavy atom. The highest BCUT2D eigenvalue weighted by molar-refractivity contribution is 6.00. The van der Waals surface area contributed by atoms with Crippen molar-refractivity contribution in [3.05, 3.63) is 41.9 Å². The summed E-state index contributed by atoms with van der Waals surface area (Å²) < 4.78 is 79.1. The van der Waals surface area contributed by atoms with Crippen LogP contribution in [0.4, 0.5) is 22.0 Å². The highest BCUT2D eigenvalue weighted by atomic mass is 19.4. The van der Waals surface area contributed by atoms with Crippen LogP contribution in [0.2, 0.25) is 0 Å². The zero-order valence-electron chi connectivity index (χ0n) is 29.7. The van der Waals surface area contributed by atoms with Gasteiger partial charge < -0.3 is 19.7 Å². The molecule has 52 heavy (non-hydrogen) atoms. The minimum Gasteiger partial charge on any atom is -0.490 e. The van der Waals surface area contributed by atoms with Gasteiger partial charge in [0.05, 0.1) is 30.3 Å². The number of aromatic nitrogens is 3. The minimum atomic E-state index is -5.02. The molecule has 3 aliphatic carbocycles. The molecule has 0 spiro atoms. The average molecular weight is 732 g/mol. The van der Waals surface area contributed by atoms with E-state index in [0.29, 0.717) is 29.5 Å². The molecule has 3 aromatic rings. The van der Waals surface area contributed by atoms with E-state index in [-0.39, 0.29) is 61.3 Å². The van der Waals surface area contributed by atoms with Gasteiger partial charge in [-0.1, -0.05) is 20.8 Å². The molecule has 1 amide bonds. The summed E-state index contributed by atoms with van der Waals surface area (Å²) in [4.78, 5) is 36.2. The first-order chi connectivity index (χ1) is 24.6. The van der Waals surface area contributed by atoms with Crippen LogP contribution in [0.1, 0.15) is 107 Å². The summed E-state index contributed by atoms with van der Waals surface area (Å²) in [5, 5.41) is 13.4. The fourth-order valence-electron chi connectivity index (χ4n) is 9.56. The molecule has 2 bridgehead atoms. The van der Waals surface area contributed by atoms with Gasteiger partial charge in [-0.05, 0) is 94.1 Å². The minimum absolute atomic E-state index is 0.0180. The second kappa shape index (κ2) is 13.6. The molecule has 7 rings (SSSR count). The van der Waals surface area contributed by atoms with Crippen LogP contribution in [-0.2, 0) is 11.0 Å². The van der Waals surface area contributed by atoms with Crippen LogP contribution < -0.4 is 10.1 Å². The molecule has 1 saturated heterocycles. The highest BCUT2D eigenvalue weighted by Crippen LogP contribution is 2.51. The molecule has 2 aromatic heterocycles. The maximum Gasteiger partial charge on any atom is 0.434 e. The van der Waals surface area contributed by atoms with E-state index in [4.69, 9.17) is 4.74 Å². The fraction of sp³-hybridized carbons (Fsp3) is 0.632. The zero-order chi connectivity index (χ0) is 37.2. The number of amides is 1. The van der Waals surface area contributed by atoms with Gasteiger partial charge in [-0.3, -0.25) is 9.69 Å². The van der Waals surface area contributed by atoms with Crippen molar-refractivity contribution in [2.45, 2.75) is 121 Å². The third-order valence-electron chi connectivity index (χ3n) is 12.1. The topological polar surface area (TPSA) is 110 Å². The second-order valence-corrected chi connectivity index (χ2v) is 15.7. The number of carboxylic acid groups (broad SMARTS) is 1. The van der Waals surface area contributed by atoms with Gasteiger partial charge in [0.25, 0.3) is 11.8 Å². The predicted octanol–water partition coefficient (Wildman–Crippen LogP) is 8.13. The number of carbonyl (C=O) groups is 2. The van der Waals surface area contributed by atoms with E-state index in [1.54, 1.807) is 18.3 Å². The third-order valence-corrected chi connectivity index (χ3v) is 12.1. The van der Waals surface area contributed by atoms with E-state index >= 15 is 0 Å². The largest absolute Gasteiger partial charge is 0.490 e. The van der Waals surface area contributed by atoms with Crippen molar-refractivity contribution < 1.29 is 41.4 Å². The Morgan fingerprint density at radius 3 is 2.42 bits per heavy atom. The third kappa shape index (κ3) is 6.75. The molecule has 0 radical (unpaired) electrons. The van der Waals surface area contributed by atoms with E-state index in [9.17, 15) is 36.6 Å². The smallest absolute Gasteiger partial charge is 0.434 e. The number of hydrogen-bond donors (Lipinski definition) is 2. The molecule has 3 heterocycles. The number of nitrogens with one attached hydrogen (secondary N) is 1. The van der Waals surface area contributed by atoms with E-state index in [1.165, 1.54) is 0 Å². The van der Waals surface area contributed by atoms with E-state index < -0.39 is 40.8 Å². The Hall–Kier alpha value is -3.81. The van der Waals surface area contributed by atoms with E-state index in [2.05, 4.69) is 15.3 Å². The lowest BCUT2D eigenvalue weighted by Crippen LogP contribution is -2.60. The summed E-state index contributed by atoms with van der Waals surface area (Å²) in [6.45, 7) is 5.70. The van der Waals surface area contributed by atoms with Crippen molar-refractivity contribution >= 4 is 22.8 Å². The summed E-state index contributed by atoms with van der Waals surface area (Å²) in [7, 11) is 0. The van der Waals surface area contributed by atoms with Crippen LogP contribution in [0.15, 0.2) is 30.6 Å². The van der Waals surface area contributed by atoms with E-state index in [0.717, 1.165) is 56.7 Å². The number of benzene rings is 1. The monoisotopic (exact) mass is 731 g/mol. The van der Waals surface area contributed by atoms with Gasteiger partial charge in [0, 0.05) is 41.5 Å².